The first-order chi connectivity index (χ1) is 12.0. The molecule has 6 heteroatoms. The number of aryl methyl sites for hydroxylation is 1. The maximum atomic E-state index is 11.4. The molecule has 5 nitrogen and oxygen atoms in total. The first-order valence-corrected chi connectivity index (χ1v) is 9.76. The van der Waals surface area contributed by atoms with E-state index in [-0.39, 0.29) is 11.4 Å². The highest BCUT2D eigenvalue weighted by Crippen LogP contribution is 2.30. The number of primary amides is 1. The molecule has 2 fully saturated rings. The predicted molar refractivity (Wildman–Crippen MR) is 103 cm³/mol. The first-order valence-electron chi connectivity index (χ1n) is 9.18. The van der Waals surface area contributed by atoms with Crippen LogP contribution in [0.15, 0.2) is 24.3 Å². The van der Waals surface area contributed by atoms with Crippen LogP contribution in [0.5, 0.6) is 0 Å². The molecule has 2 aliphatic rings. The second-order valence-corrected chi connectivity index (χ2v) is 7.95. The summed E-state index contributed by atoms with van der Waals surface area (Å²) in [5, 5.41) is 0. The summed E-state index contributed by atoms with van der Waals surface area (Å²) in [6, 6.07) is 8.73. The zero-order chi connectivity index (χ0) is 17.8. The van der Waals surface area contributed by atoms with E-state index in [0.29, 0.717) is 24.2 Å². The molecule has 25 heavy (non-hydrogen) atoms. The lowest BCUT2D eigenvalue weighted by Crippen LogP contribution is -2.54. The molecule has 1 aromatic carbocycles. The topological polar surface area (TPSA) is 66.6 Å². The van der Waals surface area contributed by atoms with Gasteiger partial charge >= 0.3 is 0 Å². The van der Waals surface area contributed by atoms with Crippen LogP contribution in [0.4, 0.5) is 0 Å². The minimum Gasteiger partial charge on any atom is -0.366 e. The molecule has 0 aromatic heterocycles. The third-order valence-electron chi connectivity index (χ3n) is 5.48. The molecule has 2 heterocycles. The fourth-order valence-electron chi connectivity index (χ4n) is 4.20. The Morgan fingerprint density at radius 1 is 1.08 bits per heavy atom. The predicted octanol–water partition coefficient (Wildman–Crippen LogP) is 1.66. The minimum atomic E-state index is -0.372. The standard InChI is InChI=1S/C19H28N3O2P/c20-19(24)15-6-4-14(5-7-15)3-1-2-10-21-11-16-8-9-17(12-21)22(16)13-18(23)25/h4-7,16-17H,1-3,8-13,25H2,(H2,20,24). The normalized spacial score (nSPS) is 23.7. The fraction of sp³-hybridized carbons (Fsp3) is 0.579. The molecule has 2 aliphatic heterocycles. The van der Waals surface area contributed by atoms with Gasteiger partial charge in [-0.25, -0.2) is 0 Å². The molecule has 0 spiro atoms. The van der Waals surface area contributed by atoms with Gasteiger partial charge in [-0.3, -0.25) is 14.5 Å². The lowest BCUT2D eigenvalue weighted by Gasteiger charge is -2.40. The summed E-state index contributed by atoms with van der Waals surface area (Å²) in [6.45, 7) is 3.92. The Labute approximate surface area is 152 Å². The second kappa shape index (κ2) is 8.39. The molecular weight excluding hydrogens is 333 g/mol. The Bertz CT molecular complexity index is 606. The molecule has 3 unspecified atom stereocenters. The first kappa shape index (κ1) is 18.5. The average molecular weight is 361 g/mol. The van der Waals surface area contributed by atoms with E-state index in [1.54, 1.807) is 0 Å². The summed E-state index contributed by atoms with van der Waals surface area (Å²) < 4.78 is 0. The van der Waals surface area contributed by atoms with Gasteiger partial charge in [-0.05, 0) is 56.3 Å². The van der Waals surface area contributed by atoms with Crippen molar-refractivity contribution in [2.24, 2.45) is 5.73 Å². The smallest absolute Gasteiger partial charge is 0.248 e. The zero-order valence-electron chi connectivity index (χ0n) is 14.7. The number of carbonyl (C=O) groups is 2. The Morgan fingerprint density at radius 2 is 1.72 bits per heavy atom. The largest absolute Gasteiger partial charge is 0.366 e. The molecule has 1 aromatic rings. The number of hydrogen-bond donors (Lipinski definition) is 1. The molecule has 3 rings (SSSR count). The van der Waals surface area contributed by atoms with Gasteiger partial charge in [0.25, 0.3) is 0 Å². The molecule has 2 saturated heterocycles. The number of rotatable bonds is 8. The van der Waals surface area contributed by atoms with E-state index in [1.165, 1.54) is 24.8 Å². The maximum absolute atomic E-state index is 11.4. The number of carbonyl (C=O) groups excluding carboxylic acids is 2. The van der Waals surface area contributed by atoms with Gasteiger partial charge in [0.2, 0.25) is 5.91 Å². The van der Waals surface area contributed by atoms with Crippen molar-refractivity contribution in [2.75, 3.05) is 26.2 Å². The molecule has 2 N–H and O–H groups in total. The summed E-state index contributed by atoms with van der Waals surface area (Å²) in [6.07, 6.45) is 5.82. The van der Waals surface area contributed by atoms with Crippen LogP contribution in [0.3, 0.4) is 0 Å². The third-order valence-corrected chi connectivity index (χ3v) is 5.66. The highest BCUT2D eigenvalue weighted by atomic mass is 31.0. The van der Waals surface area contributed by atoms with Crippen molar-refractivity contribution in [2.45, 2.75) is 44.2 Å². The van der Waals surface area contributed by atoms with Crippen molar-refractivity contribution in [1.29, 1.82) is 0 Å². The number of nitrogens with zero attached hydrogens (tertiary/aromatic N) is 2. The van der Waals surface area contributed by atoms with Gasteiger partial charge < -0.3 is 10.6 Å². The summed E-state index contributed by atoms with van der Waals surface area (Å²) in [7, 11) is 2.31. The fourth-order valence-corrected chi connectivity index (χ4v) is 4.41. The third kappa shape index (κ3) is 4.87. The van der Waals surface area contributed by atoms with Gasteiger partial charge in [-0.1, -0.05) is 21.4 Å². The Balaban J connectivity index is 1.39. The number of nitrogens with two attached hydrogens (primary N) is 1. The van der Waals surface area contributed by atoms with E-state index < -0.39 is 0 Å². The van der Waals surface area contributed by atoms with E-state index in [0.717, 1.165) is 32.5 Å². The van der Waals surface area contributed by atoms with Gasteiger partial charge in [0.15, 0.2) is 5.52 Å². The van der Waals surface area contributed by atoms with Gasteiger partial charge in [-0.2, -0.15) is 0 Å². The quantitative estimate of drug-likeness (QED) is 0.565. The van der Waals surface area contributed by atoms with Crippen molar-refractivity contribution in [3.8, 4) is 0 Å². The van der Waals surface area contributed by atoms with E-state index in [1.807, 2.05) is 24.3 Å². The maximum Gasteiger partial charge on any atom is 0.248 e. The monoisotopic (exact) mass is 361 g/mol. The summed E-state index contributed by atoms with van der Waals surface area (Å²) in [5.41, 5.74) is 7.29. The number of hydrogen-bond acceptors (Lipinski definition) is 4. The Hall–Kier alpha value is -1.29. The number of piperazine rings is 1. The lowest BCUT2D eigenvalue weighted by molar-refractivity contribution is -0.113. The van der Waals surface area contributed by atoms with Crippen LogP contribution in [-0.4, -0.2) is 59.5 Å². The average Bonchev–Trinajstić information content (AvgIpc) is 2.81. The van der Waals surface area contributed by atoms with E-state index in [4.69, 9.17) is 5.73 Å². The second-order valence-electron chi connectivity index (χ2n) is 7.30. The van der Waals surface area contributed by atoms with Gasteiger partial charge in [0.05, 0.1) is 6.54 Å². The van der Waals surface area contributed by atoms with Crippen LogP contribution in [0.2, 0.25) is 0 Å². The van der Waals surface area contributed by atoms with E-state index in [2.05, 4.69) is 19.0 Å². The Morgan fingerprint density at radius 3 is 2.28 bits per heavy atom. The molecule has 3 atom stereocenters. The van der Waals surface area contributed by atoms with Crippen molar-refractivity contribution in [1.82, 2.24) is 9.80 Å². The Kier molecular flexibility index (Phi) is 6.21. The van der Waals surface area contributed by atoms with Gasteiger partial charge in [0, 0.05) is 30.7 Å². The number of benzene rings is 1. The summed E-state index contributed by atoms with van der Waals surface area (Å²) in [5.74, 6) is -0.372. The van der Waals surface area contributed by atoms with Crippen molar-refractivity contribution < 1.29 is 9.59 Å². The molecule has 0 radical (unpaired) electrons. The highest BCUT2D eigenvalue weighted by Gasteiger charge is 2.39. The number of likely N-dealkylation sites (tertiary alicyclic amines) is 1. The van der Waals surface area contributed by atoms with Crippen LogP contribution >= 0.6 is 9.24 Å². The van der Waals surface area contributed by atoms with Crippen LogP contribution < -0.4 is 5.73 Å². The van der Waals surface area contributed by atoms with Crippen molar-refractivity contribution in [3.63, 3.8) is 0 Å². The molecule has 136 valence electrons. The molecule has 0 aliphatic carbocycles. The summed E-state index contributed by atoms with van der Waals surface area (Å²) >= 11 is 0. The highest BCUT2D eigenvalue weighted by molar-refractivity contribution is 7.40. The van der Waals surface area contributed by atoms with E-state index >= 15 is 0 Å². The van der Waals surface area contributed by atoms with Crippen LogP contribution in [-0.2, 0) is 11.2 Å². The molecule has 0 saturated carbocycles. The van der Waals surface area contributed by atoms with Crippen LogP contribution in [0.25, 0.3) is 0 Å². The summed E-state index contributed by atoms with van der Waals surface area (Å²) in [4.78, 5) is 27.5. The lowest BCUT2D eigenvalue weighted by atomic mass is 10.1. The molecule has 2 bridgehead atoms. The number of amides is 1. The van der Waals surface area contributed by atoms with Crippen molar-refractivity contribution >= 4 is 20.7 Å². The van der Waals surface area contributed by atoms with Crippen LogP contribution in [0, 0.1) is 0 Å². The molecular formula is C19H28N3O2P. The minimum absolute atomic E-state index is 0.202. The van der Waals surface area contributed by atoms with Crippen molar-refractivity contribution in [3.05, 3.63) is 35.4 Å². The van der Waals surface area contributed by atoms with Gasteiger partial charge in [0.1, 0.15) is 0 Å². The van der Waals surface area contributed by atoms with Gasteiger partial charge in [-0.15, -0.1) is 0 Å². The SMILES string of the molecule is NC(=O)c1ccc(CCCCN2CC3CCC(C2)N3CC(=O)P)cc1. The number of unbranched alkanes of at least 4 members (excludes halogenated alkanes) is 1. The van der Waals surface area contributed by atoms with Crippen LogP contribution in [0.1, 0.15) is 41.6 Å². The number of fused-ring (bicyclic) bond motifs is 2. The van der Waals surface area contributed by atoms with E-state index in [9.17, 15) is 9.59 Å². The molecule has 1 amide bonds. The zero-order valence-corrected chi connectivity index (χ0v) is 15.8.